The van der Waals surface area contributed by atoms with Crippen LogP contribution < -0.4 is 0 Å². The first-order valence-electron chi connectivity index (χ1n) is 5.65. The summed E-state index contributed by atoms with van der Waals surface area (Å²) >= 11 is 0. The van der Waals surface area contributed by atoms with Gasteiger partial charge in [0, 0.05) is 5.56 Å². The first-order valence-corrected chi connectivity index (χ1v) is 5.65. The van der Waals surface area contributed by atoms with Crippen molar-refractivity contribution in [2.45, 2.75) is 0 Å². The molecular weight excluding hydrogens is 224 g/mol. The Morgan fingerprint density at radius 1 is 0.611 bits per heavy atom. The molecule has 2 aromatic rings. The van der Waals surface area contributed by atoms with Gasteiger partial charge in [0.2, 0.25) is 11.6 Å². The van der Waals surface area contributed by atoms with Gasteiger partial charge in [0.05, 0.1) is 0 Å². The Kier molecular flexibility index (Phi) is 3.82. The fraction of sp³-hybridized carbons (Fsp3) is 0. The van der Waals surface area contributed by atoms with Crippen molar-refractivity contribution in [3.63, 3.8) is 0 Å². The topological polar surface area (TPSA) is 34.1 Å². The van der Waals surface area contributed by atoms with Crippen LogP contribution >= 0.6 is 0 Å². The van der Waals surface area contributed by atoms with E-state index in [9.17, 15) is 9.59 Å². The highest BCUT2D eigenvalue weighted by Crippen LogP contribution is 2.16. The van der Waals surface area contributed by atoms with Gasteiger partial charge >= 0.3 is 0 Å². The number of carbonyl (C=O) groups is 2. The zero-order chi connectivity index (χ0) is 12.8. The number of allylic oxidation sites excluding steroid dienone is 1. The van der Waals surface area contributed by atoms with E-state index in [1.165, 1.54) is 6.08 Å². The van der Waals surface area contributed by atoms with E-state index >= 15 is 0 Å². The molecule has 2 aromatic carbocycles. The van der Waals surface area contributed by atoms with Gasteiger partial charge in [-0.3, -0.25) is 9.59 Å². The van der Waals surface area contributed by atoms with Gasteiger partial charge in [0.25, 0.3) is 0 Å². The molecule has 1 aliphatic carbocycles. The largest absolute Gasteiger partial charge is 0.286 e. The fourth-order valence-electron chi connectivity index (χ4n) is 1.61. The third kappa shape index (κ3) is 2.80. The lowest BCUT2D eigenvalue weighted by molar-refractivity contribution is -0.110. The Morgan fingerprint density at radius 3 is 1.78 bits per heavy atom. The molecule has 1 aliphatic rings. The number of carbonyl (C=O) groups excluding carboxylic acids is 2. The zero-order valence-corrected chi connectivity index (χ0v) is 9.74. The van der Waals surface area contributed by atoms with E-state index in [0.29, 0.717) is 5.56 Å². The van der Waals surface area contributed by atoms with Gasteiger partial charge in [-0.15, -0.1) is 0 Å². The first kappa shape index (κ1) is 12.0. The quantitative estimate of drug-likeness (QED) is 0.658. The second-order valence-corrected chi connectivity index (χ2v) is 3.77. The third-order valence-electron chi connectivity index (χ3n) is 2.51. The van der Waals surface area contributed by atoms with Gasteiger partial charge in [-0.1, -0.05) is 66.7 Å². The molecule has 88 valence electrons. The number of fused-ring (bicyclic) bond motifs is 1. The smallest absolute Gasteiger partial charge is 0.233 e. The Bertz CT molecular complexity index is 556. The summed E-state index contributed by atoms with van der Waals surface area (Å²) in [5, 5.41) is 0. The second-order valence-electron chi connectivity index (χ2n) is 3.77. The molecule has 18 heavy (non-hydrogen) atoms. The lowest BCUT2D eigenvalue weighted by atomic mass is 9.96. The molecule has 0 radical (unpaired) electrons. The van der Waals surface area contributed by atoms with Gasteiger partial charge < -0.3 is 0 Å². The summed E-state index contributed by atoms with van der Waals surface area (Å²) in [6, 6.07) is 19.1. The second kappa shape index (κ2) is 5.73. The monoisotopic (exact) mass is 236 g/mol. The molecule has 0 saturated carbocycles. The third-order valence-corrected chi connectivity index (χ3v) is 2.51. The molecule has 0 aromatic heterocycles. The van der Waals surface area contributed by atoms with Crippen LogP contribution in [0.4, 0.5) is 0 Å². The number of hydrogen-bond acceptors (Lipinski definition) is 2. The summed E-state index contributed by atoms with van der Waals surface area (Å²) in [4.78, 5) is 22.1. The Balaban J connectivity index is 0.000000169. The molecule has 0 fully saturated rings. The highest BCUT2D eigenvalue weighted by Gasteiger charge is 2.19. The molecule has 0 bridgehead atoms. The molecule has 0 aliphatic heterocycles. The first-order chi connectivity index (χ1) is 8.79. The number of hydrogen-bond donors (Lipinski definition) is 0. The predicted octanol–water partition coefficient (Wildman–Crippen LogP) is 3.15. The number of Topliss-reactive ketones (excluding diaryl/α,β-unsaturated/α-hetero) is 1. The van der Waals surface area contributed by atoms with Crippen LogP contribution in [0.3, 0.4) is 0 Å². The van der Waals surface area contributed by atoms with Crippen molar-refractivity contribution in [1.29, 1.82) is 0 Å². The van der Waals surface area contributed by atoms with E-state index in [1.54, 1.807) is 18.2 Å². The highest BCUT2D eigenvalue weighted by atomic mass is 16.2. The molecule has 0 spiro atoms. The SMILES string of the molecule is O=C1C=Cc2ccccc2C1=O.c1ccccc1. The highest BCUT2D eigenvalue weighted by molar-refractivity contribution is 6.49. The normalized spacial score (nSPS) is 12.4. The van der Waals surface area contributed by atoms with E-state index in [-0.39, 0.29) is 0 Å². The minimum absolute atomic E-state index is 0.409. The van der Waals surface area contributed by atoms with Gasteiger partial charge in [-0.25, -0.2) is 0 Å². The summed E-state index contributed by atoms with van der Waals surface area (Å²) in [5.74, 6) is -0.846. The average molecular weight is 236 g/mol. The van der Waals surface area contributed by atoms with Crippen molar-refractivity contribution in [2.75, 3.05) is 0 Å². The number of rotatable bonds is 0. The standard InChI is InChI=1S/C10H6O2.C6H6/c11-9-6-5-7-3-1-2-4-8(7)10(9)12;1-2-4-6-5-3-1/h1-6H;1-6H. The van der Waals surface area contributed by atoms with Crippen molar-refractivity contribution in [3.8, 4) is 0 Å². The van der Waals surface area contributed by atoms with Crippen molar-refractivity contribution in [3.05, 3.63) is 77.9 Å². The van der Waals surface area contributed by atoms with Crippen molar-refractivity contribution < 1.29 is 9.59 Å². The average Bonchev–Trinajstić information content (AvgIpc) is 2.46. The van der Waals surface area contributed by atoms with E-state index in [1.807, 2.05) is 48.5 Å². The van der Waals surface area contributed by atoms with Gasteiger partial charge in [-0.2, -0.15) is 0 Å². The zero-order valence-electron chi connectivity index (χ0n) is 9.74. The molecule has 0 atom stereocenters. The van der Waals surface area contributed by atoms with E-state index in [4.69, 9.17) is 0 Å². The summed E-state index contributed by atoms with van der Waals surface area (Å²) in [6.45, 7) is 0. The van der Waals surface area contributed by atoms with Crippen LogP contribution in [0.5, 0.6) is 0 Å². The van der Waals surface area contributed by atoms with E-state index in [0.717, 1.165) is 5.56 Å². The van der Waals surface area contributed by atoms with E-state index < -0.39 is 11.6 Å². The molecule has 2 heteroatoms. The molecule has 0 heterocycles. The summed E-state index contributed by atoms with van der Waals surface area (Å²) in [6.07, 6.45) is 2.98. The van der Waals surface area contributed by atoms with E-state index in [2.05, 4.69) is 0 Å². The van der Waals surface area contributed by atoms with Gasteiger partial charge in [0.15, 0.2) is 0 Å². The molecule has 0 amide bonds. The minimum atomic E-state index is -0.436. The molecule has 2 nitrogen and oxygen atoms in total. The van der Waals surface area contributed by atoms with Gasteiger partial charge in [-0.05, 0) is 11.6 Å². The number of benzene rings is 2. The van der Waals surface area contributed by atoms with Crippen molar-refractivity contribution >= 4 is 17.6 Å². The van der Waals surface area contributed by atoms with Crippen molar-refractivity contribution in [2.24, 2.45) is 0 Å². The lowest BCUT2D eigenvalue weighted by Crippen LogP contribution is -2.15. The van der Waals surface area contributed by atoms with Crippen LogP contribution in [0.2, 0.25) is 0 Å². The van der Waals surface area contributed by atoms with Crippen LogP contribution in [-0.4, -0.2) is 11.6 Å². The summed E-state index contributed by atoms with van der Waals surface area (Å²) in [7, 11) is 0. The maximum Gasteiger partial charge on any atom is 0.233 e. The van der Waals surface area contributed by atoms with Crippen LogP contribution in [0.15, 0.2) is 66.7 Å². The molecule has 0 unspecified atom stereocenters. The molecule has 0 saturated heterocycles. The molecule has 3 rings (SSSR count). The minimum Gasteiger partial charge on any atom is -0.286 e. The Labute approximate surface area is 106 Å². The Morgan fingerprint density at radius 2 is 1.17 bits per heavy atom. The number of ketones is 2. The van der Waals surface area contributed by atoms with Crippen molar-refractivity contribution in [1.82, 2.24) is 0 Å². The molecule has 0 N–H and O–H groups in total. The Hall–Kier alpha value is -2.48. The van der Waals surface area contributed by atoms with Crippen LogP contribution in [0.25, 0.3) is 6.08 Å². The predicted molar refractivity (Wildman–Crippen MR) is 71.3 cm³/mol. The maximum absolute atomic E-state index is 11.2. The van der Waals surface area contributed by atoms with Gasteiger partial charge in [0.1, 0.15) is 0 Å². The van der Waals surface area contributed by atoms with Crippen LogP contribution in [0, 0.1) is 0 Å². The molecular formula is C16H12O2. The lowest BCUT2D eigenvalue weighted by Gasteiger charge is -2.06. The summed E-state index contributed by atoms with van der Waals surface area (Å²) in [5.41, 5.74) is 1.33. The maximum atomic E-state index is 11.2. The fourth-order valence-corrected chi connectivity index (χ4v) is 1.61. The summed E-state index contributed by atoms with van der Waals surface area (Å²) < 4.78 is 0. The van der Waals surface area contributed by atoms with Crippen LogP contribution in [-0.2, 0) is 4.79 Å². The van der Waals surface area contributed by atoms with Crippen LogP contribution in [0.1, 0.15) is 15.9 Å².